The lowest BCUT2D eigenvalue weighted by Crippen LogP contribution is -2.61. The van der Waals surface area contributed by atoms with E-state index >= 15 is 13.2 Å². The summed E-state index contributed by atoms with van der Waals surface area (Å²) in [6.45, 7) is 5.48. The number of carbonyl (C=O) groups is 1. The summed E-state index contributed by atoms with van der Waals surface area (Å²) in [6.07, 6.45) is 2.02. The number of rotatable bonds is 9. The van der Waals surface area contributed by atoms with Crippen LogP contribution in [-0.4, -0.2) is 103 Å². The molecule has 0 bridgehead atoms. The maximum atomic E-state index is 15.9. The number of likely N-dealkylation sites (tertiary alicyclic amines) is 1. The Morgan fingerprint density at radius 1 is 0.961 bits per heavy atom. The SMILES string of the molecule is COc1cc(-c2cn(C)c(=O)c(C)c2C)cc(OC)c1CN1CC[C@@H](N2CCN(c3ccc(NC4CCC(O)NC4=O)cc3F)CC2)C(F)(F)C1. The molecular formula is C37H47F3N6O5. The van der Waals surface area contributed by atoms with Gasteiger partial charge < -0.3 is 34.7 Å². The number of piperazine rings is 1. The lowest BCUT2D eigenvalue weighted by Gasteiger charge is -2.46. The number of amides is 1. The van der Waals surface area contributed by atoms with Crippen LogP contribution in [0.25, 0.3) is 11.1 Å². The summed E-state index contributed by atoms with van der Waals surface area (Å²) in [5, 5.41) is 15.1. The molecule has 3 fully saturated rings. The summed E-state index contributed by atoms with van der Waals surface area (Å²) in [4.78, 5) is 30.0. The second-order valence-corrected chi connectivity index (χ2v) is 13.8. The van der Waals surface area contributed by atoms with E-state index in [2.05, 4.69) is 10.6 Å². The Kier molecular flexibility index (Phi) is 10.6. The van der Waals surface area contributed by atoms with Crippen LogP contribution in [0.15, 0.2) is 41.3 Å². The number of nitrogens with zero attached hydrogens (tertiary/aromatic N) is 4. The van der Waals surface area contributed by atoms with Crippen LogP contribution in [0, 0.1) is 19.7 Å². The quantitative estimate of drug-likeness (QED) is 0.305. The van der Waals surface area contributed by atoms with E-state index in [4.69, 9.17) is 9.47 Å². The summed E-state index contributed by atoms with van der Waals surface area (Å²) < 4.78 is 60.1. The second kappa shape index (κ2) is 14.8. The van der Waals surface area contributed by atoms with Gasteiger partial charge in [-0.2, -0.15) is 0 Å². The van der Waals surface area contributed by atoms with Gasteiger partial charge in [0.25, 0.3) is 11.5 Å². The number of benzene rings is 2. The average molecular weight is 713 g/mol. The molecule has 6 rings (SSSR count). The molecule has 51 heavy (non-hydrogen) atoms. The smallest absolute Gasteiger partial charge is 0.275 e. The molecule has 11 nitrogen and oxygen atoms in total. The number of halogens is 3. The monoisotopic (exact) mass is 712 g/mol. The van der Waals surface area contributed by atoms with Crippen molar-refractivity contribution in [1.82, 2.24) is 19.7 Å². The van der Waals surface area contributed by atoms with Crippen molar-refractivity contribution in [1.29, 1.82) is 0 Å². The molecule has 2 unspecified atom stereocenters. The highest BCUT2D eigenvalue weighted by atomic mass is 19.3. The fourth-order valence-corrected chi connectivity index (χ4v) is 7.63. The van der Waals surface area contributed by atoms with E-state index in [9.17, 15) is 14.7 Å². The van der Waals surface area contributed by atoms with Crippen LogP contribution in [0.1, 0.15) is 36.0 Å². The summed E-state index contributed by atoms with van der Waals surface area (Å²) in [5.41, 5.74) is 4.61. The fourth-order valence-electron chi connectivity index (χ4n) is 7.63. The van der Waals surface area contributed by atoms with Gasteiger partial charge in [-0.05, 0) is 74.6 Å². The zero-order valence-electron chi connectivity index (χ0n) is 29.8. The van der Waals surface area contributed by atoms with Crippen molar-refractivity contribution in [3.8, 4) is 22.6 Å². The van der Waals surface area contributed by atoms with Gasteiger partial charge in [-0.25, -0.2) is 13.2 Å². The molecule has 0 aliphatic carbocycles. The Bertz CT molecular complexity index is 1800. The molecule has 0 spiro atoms. The number of methoxy groups -OCH3 is 2. The highest BCUT2D eigenvalue weighted by Crippen LogP contribution is 2.39. The molecule has 3 N–H and O–H groups in total. The van der Waals surface area contributed by atoms with Crippen LogP contribution in [0.2, 0.25) is 0 Å². The first kappa shape index (κ1) is 36.5. The number of hydrogen-bond acceptors (Lipinski definition) is 9. The number of nitrogens with one attached hydrogen (secondary N) is 2. The molecule has 4 heterocycles. The third kappa shape index (κ3) is 7.54. The minimum absolute atomic E-state index is 0.0678. The largest absolute Gasteiger partial charge is 0.496 e. The number of aliphatic hydroxyl groups excluding tert-OH is 1. The Labute approximate surface area is 295 Å². The Balaban J connectivity index is 1.08. The molecule has 1 amide bonds. The van der Waals surface area contributed by atoms with Gasteiger partial charge in [-0.15, -0.1) is 0 Å². The van der Waals surface area contributed by atoms with Crippen molar-refractivity contribution in [2.45, 2.75) is 63.9 Å². The minimum atomic E-state index is -2.98. The first-order chi connectivity index (χ1) is 24.3. The number of hydrogen-bond donors (Lipinski definition) is 3. The number of aryl methyl sites for hydroxylation is 1. The minimum Gasteiger partial charge on any atom is -0.496 e. The molecular weight excluding hydrogens is 665 g/mol. The summed E-state index contributed by atoms with van der Waals surface area (Å²) >= 11 is 0. The zero-order valence-corrected chi connectivity index (χ0v) is 29.8. The normalized spacial score (nSPS) is 22.8. The summed E-state index contributed by atoms with van der Waals surface area (Å²) in [7, 11) is 4.79. The lowest BCUT2D eigenvalue weighted by atomic mass is 9.95. The molecule has 276 valence electrons. The van der Waals surface area contributed by atoms with E-state index in [0.29, 0.717) is 79.6 Å². The van der Waals surface area contributed by atoms with Crippen molar-refractivity contribution in [2.24, 2.45) is 7.05 Å². The highest BCUT2D eigenvalue weighted by Gasteiger charge is 2.48. The predicted octanol–water partition coefficient (Wildman–Crippen LogP) is 3.87. The van der Waals surface area contributed by atoms with Crippen molar-refractivity contribution in [2.75, 3.05) is 63.7 Å². The van der Waals surface area contributed by atoms with Crippen molar-refractivity contribution in [3.63, 3.8) is 0 Å². The van der Waals surface area contributed by atoms with Gasteiger partial charge in [0.15, 0.2) is 0 Å². The van der Waals surface area contributed by atoms with E-state index in [0.717, 1.165) is 16.7 Å². The average Bonchev–Trinajstić information content (AvgIpc) is 3.10. The molecule has 3 atom stereocenters. The molecule has 2 aromatic carbocycles. The van der Waals surface area contributed by atoms with Crippen LogP contribution in [0.5, 0.6) is 11.5 Å². The Morgan fingerprint density at radius 2 is 1.65 bits per heavy atom. The molecule has 3 aliphatic heterocycles. The highest BCUT2D eigenvalue weighted by molar-refractivity contribution is 5.85. The number of carbonyl (C=O) groups excluding carboxylic acids is 1. The van der Waals surface area contributed by atoms with E-state index in [1.807, 2.05) is 28.9 Å². The maximum Gasteiger partial charge on any atom is 0.275 e. The Hall–Kier alpha value is -4.27. The van der Waals surface area contributed by atoms with E-state index in [1.165, 1.54) is 6.07 Å². The van der Waals surface area contributed by atoms with Crippen LogP contribution in [-0.2, 0) is 18.4 Å². The van der Waals surface area contributed by atoms with Gasteiger partial charge in [0.05, 0.1) is 38.1 Å². The third-order valence-corrected chi connectivity index (χ3v) is 10.6. The molecule has 0 saturated carbocycles. The fraction of sp³-hybridized carbons (Fsp3) is 0.514. The number of aliphatic hydroxyl groups is 1. The summed E-state index contributed by atoms with van der Waals surface area (Å²) in [5.74, 6) is -2.74. The van der Waals surface area contributed by atoms with Gasteiger partial charge in [0.2, 0.25) is 5.91 Å². The first-order valence-corrected chi connectivity index (χ1v) is 17.4. The van der Waals surface area contributed by atoms with Crippen molar-refractivity contribution >= 4 is 17.3 Å². The van der Waals surface area contributed by atoms with Gasteiger partial charge in [-0.3, -0.25) is 19.4 Å². The van der Waals surface area contributed by atoms with Gasteiger partial charge in [0.1, 0.15) is 29.6 Å². The number of alkyl halides is 2. The molecule has 0 radical (unpaired) electrons. The molecule has 3 saturated heterocycles. The first-order valence-electron chi connectivity index (χ1n) is 17.4. The van der Waals surface area contributed by atoms with Crippen LogP contribution in [0.4, 0.5) is 24.5 Å². The van der Waals surface area contributed by atoms with Crippen LogP contribution >= 0.6 is 0 Å². The van der Waals surface area contributed by atoms with Gasteiger partial charge in [-0.1, -0.05) is 0 Å². The number of anilines is 2. The molecule has 3 aliphatic rings. The number of piperidine rings is 2. The zero-order chi connectivity index (χ0) is 36.6. The number of ether oxygens (including phenoxy) is 2. The summed E-state index contributed by atoms with van der Waals surface area (Å²) in [6, 6.07) is 6.92. The Morgan fingerprint density at radius 3 is 2.25 bits per heavy atom. The molecule has 14 heteroatoms. The van der Waals surface area contributed by atoms with Gasteiger partial charge in [0, 0.05) is 69.3 Å². The van der Waals surface area contributed by atoms with E-state index < -0.39 is 36.6 Å². The standard InChI is InChI=1S/C37H47F3N6O5/c1-22-23(2)36(49)43(3)19-26(22)24-16-31(50-4)27(32(17-24)51-5)20-44-11-10-33(37(39,40)21-44)46-14-12-45(13-15-46)30-8-6-25(18-28(30)38)41-29-7-9-34(47)42-35(29)48/h6,8,16-19,29,33-34,41,47H,7,9-15,20-21H2,1-5H3,(H,42,48)/t29?,33-,34?/m1/s1. The molecule has 1 aromatic heterocycles. The topological polar surface area (TPSA) is 112 Å². The number of aromatic nitrogens is 1. The third-order valence-electron chi connectivity index (χ3n) is 10.6. The predicted molar refractivity (Wildman–Crippen MR) is 189 cm³/mol. The lowest BCUT2D eigenvalue weighted by molar-refractivity contribution is -0.129. The van der Waals surface area contributed by atoms with Crippen molar-refractivity contribution in [3.05, 3.63) is 69.4 Å². The number of pyridine rings is 1. The maximum absolute atomic E-state index is 15.9. The van der Waals surface area contributed by atoms with E-state index in [1.54, 1.807) is 56.0 Å². The van der Waals surface area contributed by atoms with E-state index in [-0.39, 0.29) is 24.4 Å². The van der Waals surface area contributed by atoms with Crippen LogP contribution < -0.4 is 30.6 Å². The van der Waals surface area contributed by atoms with Crippen LogP contribution in [0.3, 0.4) is 0 Å². The molecule has 3 aromatic rings. The second-order valence-electron chi connectivity index (χ2n) is 13.8. The van der Waals surface area contributed by atoms with Gasteiger partial charge >= 0.3 is 0 Å². The van der Waals surface area contributed by atoms with Crippen molar-refractivity contribution < 1.29 is 32.5 Å².